The van der Waals surface area contributed by atoms with Crippen LogP contribution in [0, 0.1) is 11.8 Å². The van der Waals surface area contributed by atoms with Crippen LogP contribution in [0.5, 0.6) is 5.75 Å². The Labute approximate surface area is 163 Å². The Hall–Kier alpha value is -1.95. The lowest BCUT2D eigenvalue weighted by molar-refractivity contribution is 0.157. The molecule has 1 aromatic rings. The lowest BCUT2D eigenvalue weighted by atomic mass is 10.1. The van der Waals surface area contributed by atoms with Crippen LogP contribution >= 0.6 is 0 Å². The van der Waals surface area contributed by atoms with E-state index in [1.165, 1.54) is 18.5 Å². The van der Waals surface area contributed by atoms with Crippen molar-refractivity contribution in [1.29, 1.82) is 0 Å². The summed E-state index contributed by atoms with van der Waals surface area (Å²) >= 11 is 0. The molecule has 150 valence electrons. The second-order valence-corrected chi connectivity index (χ2v) is 7.55. The Balaban J connectivity index is 1.55. The van der Waals surface area contributed by atoms with Gasteiger partial charge in [0.2, 0.25) is 0 Å². The molecule has 0 amide bonds. The van der Waals surface area contributed by atoms with Crippen molar-refractivity contribution in [2.45, 2.75) is 19.8 Å². The van der Waals surface area contributed by atoms with Crippen LogP contribution in [0.1, 0.15) is 19.8 Å². The molecule has 2 unspecified atom stereocenters. The fraction of sp³-hybridized carbons (Fsp3) is 0.667. The van der Waals surface area contributed by atoms with E-state index in [4.69, 9.17) is 14.5 Å². The van der Waals surface area contributed by atoms with Gasteiger partial charge in [0.05, 0.1) is 13.7 Å². The topological polar surface area (TPSA) is 49.3 Å². The van der Waals surface area contributed by atoms with Crippen LogP contribution in [0.4, 0.5) is 5.69 Å². The first-order chi connectivity index (χ1) is 13.2. The molecular weight excluding hydrogens is 340 g/mol. The van der Waals surface area contributed by atoms with Crippen LogP contribution < -0.4 is 15.0 Å². The van der Waals surface area contributed by atoms with E-state index in [-0.39, 0.29) is 0 Å². The average molecular weight is 375 g/mol. The van der Waals surface area contributed by atoms with Crippen molar-refractivity contribution in [1.82, 2.24) is 10.2 Å². The van der Waals surface area contributed by atoms with Crippen molar-refractivity contribution in [2.75, 3.05) is 65.0 Å². The highest BCUT2D eigenvalue weighted by Crippen LogP contribution is 2.27. The highest BCUT2D eigenvalue weighted by molar-refractivity contribution is 5.80. The van der Waals surface area contributed by atoms with E-state index in [0.717, 1.165) is 57.6 Å². The molecule has 0 radical (unpaired) electrons. The molecule has 0 aromatic heterocycles. The fourth-order valence-electron chi connectivity index (χ4n) is 4.06. The zero-order valence-corrected chi connectivity index (χ0v) is 17.0. The third-order valence-corrected chi connectivity index (χ3v) is 5.53. The zero-order valence-electron chi connectivity index (χ0n) is 17.0. The van der Waals surface area contributed by atoms with Crippen molar-refractivity contribution in [2.24, 2.45) is 16.8 Å². The predicted molar refractivity (Wildman–Crippen MR) is 111 cm³/mol. The Morgan fingerprint density at radius 3 is 2.81 bits per heavy atom. The van der Waals surface area contributed by atoms with Gasteiger partial charge in [-0.05, 0) is 37.8 Å². The van der Waals surface area contributed by atoms with Gasteiger partial charge in [-0.3, -0.25) is 4.99 Å². The van der Waals surface area contributed by atoms with Crippen molar-refractivity contribution in [3.8, 4) is 5.75 Å². The predicted octanol–water partition coefficient (Wildman–Crippen LogP) is 2.46. The van der Waals surface area contributed by atoms with Crippen LogP contribution in [-0.4, -0.2) is 71.0 Å². The first kappa shape index (κ1) is 19.8. The summed E-state index contributed by atoms with van der Waals surface area (Å²) in [5, 5.41) is 3.47. The van der Waals surface area contributed by atoms with Crippen molar-refractivity contribution < 1.29 is 9.47 Å². The molecule has 27 heavy (non-hydrogen) atoms. The molecule has 0 bridgehead atoms. The Morgan fingerprint density at radius 1 is 1.19 bits per heavy atom. The van der Waals surface area contributed by atoms with Crippen molar-refractivity contribution in [3.63, 3.8) is 0 Å². The molecule has 6 heteroatoms. The van der Waals surface area contributed by atoms with E-state index in [2.05, 4.69) is 40.2 Å². The van der Waals surface area contributed by atoms with Crippen LogP contribution in [0.15, 0.2) is 29.3 Å². The van der Waals surface area contributed by atoms with Crippen LogP contribution in [0.25, 0.3) is 0 Å². The number of anilines is 1. The lowest BCUT2D eigenvalue weighted by Gasteiger charge is -2.22. The van der Waals surface area contributed by atoms with Crippen LogP contribution in [0.3, 0.4) is 0 Å². The smallest absolute Gasteiger partial charge is 0.193 e. The number of guanidine groups is 1. The minimum atomic E-state index is 0.599. The number of methoxy groups -OCH3 is 2. The van der Waals surface area contributed by atoms with Crippen molar-refractivity contribution in [3.05, 3.63) is 24.3 Å². The molecule has 0 aliphatic carbocycles. The normalized spacial score (nSPS) is 23.1. The molecule has 2 fully saturated rings. The molecule has 0 saturated carbocycles. The highest BCUT2D eigenvalue weighted by Gasteiger charge is 2.26. The molecule has 3 rings (SSSR count). The number of likely N-dealkylation sites (tertiary alicyclic amines) is 1. The van der Waals surface area contributed by atoms with Crippen LogP contribution in [-0.2, 0) is 4.74 Å². The fourth-order valence-corrected chi connectivity index (χ4v) is 4.06. The van der Waals surface area contributed by atoms with Crippen molar-refractivity contribution >= 4 is 11.6 Å². The van der Waals surface area contributed by atoms with E-state index in [0.29, 0.717) is 11.8 Å². The maximum Gasteiger partial charge on any atom is 0.193 e. The molecule has 1 N–H and O–H groups in total. The zero-order chi connectivity index (χ0) is 19.1. The first-order valence-electron chi connectivity index (χ1n) is 10.1. The Morgan fingerprint density at radius 2 is 2.04 bits per heavy atom. The van der Waals surface area contributed by atoms with Gasteiger partial charge in [0.1, 0.15) is 5.75 Å². The summed E-state index contributed by atoms with van der Waals surface area (Å²) in [6, 6.07) is 8.35. The van der Waals surface area contributed by atoms with E-state index < -0.39 is 0 Å². The Kier molecular flexibility index (Phi) is 7.21. The number of hydrogen-bond donors (Lipinski definition) is 1. The molecule has 2 aliphatic heterocycles. The van der Waals surface area contributed by atoms with Gasteiger partial charge in [-0.2, -0.15) is 0 Å². The summed E-state index contributed by atoms with van der Waals surface area (Å²) in [7, 11) is 3.51. The number of rotatable bonds is 7. The molecule has 2 aliphatic rings. The van der Waals surface area contributed by atoms with Gasteiger partial charge in [-0.25, -0.2) is 0 Å². The quantitative estimate of drug-likeness (QED) is 0.587. The number of nitrogens with zero attached hydrogens (tertiary/aromatic N) is 3. The van der Waals surface area contributed by atoms with E-state index in [1.807, 2.05) is 6.07 Å². The minimum absolute atomic E-state index is 0.599. The van der Waals surface area contributed by atoms with Gasteiger partial charge in [0.15, 0.2) is 5.96 Å². The molecule has 2 atom stereocenters. The van der Waals surface area contributed by atoms with E-state index in [1.54, 1.807) is 14.2 Å². The number of aliphatic imine (C=N–C) groups is 1. The maximum absolute atomic E-state index is 5.36. The van der Waals surface area contributed by atoms with Gasteiger partial charge in [-0.15, -0.1) is 0 Å². The second-order valence-electron chi connectivity index (χ2n) is 7.55. The maximum atomic E-state index is 5.36. The summed E-state index contributed by atoms with van der Waals surface area (Å²) < 4.78 is 10.7. The van der Waals surface area contributed by atoms with E-state index >= 15 is 0 Å². The third-order valence-electron chi connectivity index (χ3n) is 5.53. The minimum Gasteiger partial charge on any atom is -0.497 e. The average Bonchev–Trinajstić information content (AvgIpc) is 3.35. The second kappa shape index (κ2) is 9.83. The standard InChI is InChI=1S/C21H34N4O2/c1-4-22-21(25-11-9-18(15-25)16-26-2)23-13-17-8-10-24(14-17)19-6-5-7-20(12-19)27-3/h5-7,12,17-18H,4,8-11,13-16H2,1-3H3,(H,22,23). The first-order valence-corrected chi connectivity index (χ1v) is 10.1. The summed E-state index contributed by atoms with van der Waals surface area (Å²) in [4.78, 5) is 9.81. The summed E-state index contributed by atoms with van der Waals surface area (Å²) in [6.45, 7) is 9.03. The monoisotopic (exact) mass is 374 g/mol. The van der Waals surface area contributed by atoms with Crippen LogP contribution in [0.2, 0.25) is 0 Å². The molecule has 1 aromatic carbocycles. The largest absolute Gasteiger partial charge is 0.497 e. The van der Waals surface area contributed by atoms with E-state index in [9.17, 15) is 0 Å². The number of nitrogens with one attached hydrogen (secondary N) is 1. The van der Waals surface area contributed by atoms with Gasteiger partial charge >= 0.3 is 0 Å². The molecular formula is C21H34N4O2. The Bertz CT molecular complexity index is 622. The van der Waals surface area contributed by atoms with Gasteiger partial charge in [0, 0.05) is 64.0 Å². The lowest BCUT2D eigenvalue weighted by Crippen LogP contribution is -2.40. The third kappa shape index (κ3) is 5.28. The summed E-state index contributed by atoms with van der Waals surface area (Å²) in [6.07, 6.45) is 2.37. The van der Waals surface area contributed by atoms with Gasteiger partial charge < -0.3 is 24.6 Å². The SMILES string of the molecule is CCNC(=NCC1CCN(c2cccc(OC)c2)C1)N1CCC(COC)C1. The molecule has 0 spiro atoms. The molecule has 2 saturated heterocycles. The van der Waals surface area contributed by atoms with Gasteiger partial charge in [0.25, 0.3) is 0 Å². The van der Waals surface area contributed by atoms with Gasteiger partial charge in [-0.1, -0.05) is 6.07 Å². The summed E-state index contributed by atoms with van der Waals surface area (Å²) in [5.41, 5.74) is 1.25. The molecule has 6 nitrogen and oxygen atoms in total. The highest BCUT2D eigenvalue weighted by atomic mass is 16.5. The molecule has 2 heterocycles. The number of ether oxygens (including phenoxy) is 2. The number of hydrogen-bond acceptors (Lipinski definition) is 4. The summed E-state index contributed by atoms with van der Waals surface area (Å²) in [5.74, 6) is 3.20. The number of benzene rings is 1.